The maximum atomic E-state index is 4.45. The molecule has 0 spiro atoms. The Morgan fingerprint density at radius 1 is 1.44 bits per heavy atom. The van der Waals surface area contributed by atoms with Crippen LogP contribution in [0.15, 0.2) is 24.7 Å². The van der Waals surface area contributed by atoms with Gasteiger partial charge in [-0.3, -0.25) is 9.36 Å². The van der Waals surface area contributed by atoms with Gasteiger partial charge in [-0.2, -0.15) is 10.2 Å². The number of rotatable bonds is 5. The molecule has 2 aromatic rings. The van der Waals surface area contributed by atoms with E-state index in [2.05, 4.69) is 15.5 Å². The van der Waals surface area contributed by atoms with Crippen molar-refractivity contribution in [3.8, 4) is 0 Å². The molecule has 5 nitrogen and oxygen atoms in total. The van der Waals surface area contributed by atoms with E-state index >= 15 is 0 Å². The van der Waals surface area contributed by atoms with Gasteiger partial charge in [-0.25, -0.2) is 0 Å². The second-order valence-corrected chi connectivity index (χ2v) is 3.87. The summed E-state index contributed by atoms with van der Waals surface area (Å²) in [5.41, 5.74) is 2.32. The Labute approximate surface area is 95.1 Å². The van der Waals surface area contributed by atoms with Gasteiger partial charge in [-0.05, 0) is 25.1 Å². The summed E-state index contributed by atoms with van der Waals surface area (Å²) >= 11 is 0. The molecule has 2 rings (SSSR count). The van der Waals surface area contributed by atoms with E-state index in [9.17, 15) is 0 Å². The Hall–Kier alpha value is -1.62. The highest BCUT2D eigenvalue weighted by Crippen LogP contribution is 2.01. The summed E-state index contributed by atoms with van der Waals surface area (Å²) in [6, 6.07) is 2.04. The van der Waals surface area contributed by atoms with E-state index < -0.39 is 0 Å². The third-order valence-electron chi connectivity index (χ3n) is 2.44. The van der Waals surface area contributed by atoms with E-state index in [0.29, 0.717) is 0 Å². The largest absolute Gasteiger partial charge is 0.314 e. The number of nitrogens with zero attached hydrogens (tertiary/aromatic N) is 4. The predicted octanol–water partition coefficient (Wildman–Crippen LogP) is 0.579. The maximum absolute atomic E-state index is 4.45. The topological polar surface area (TPSA) is 47.7 Å². The van der Waals surface area contributed by atoms with Crippen molar-refractivity contribution in [2.45, 2.75) is 19.5 Å². The van der Waals surface area contributed by atoms with Gasteiger partial charge in [-0.15, -0.1) is 0 Å². The fraction of sp³-hybridized carbons (Fsp3) is 0.455. The molecule has 0 aliphatic heterocycles. The summed E-state index contributed by atoms with van der Waals surface area (Å²) in [7, 11) is 3.86. The van der Waals surface area contributed by atoms with Crippen LogP contribution < -0.4 is 5.32 Å². The highest BCUT2D eigenvalue weighted by atomic mass is 15.3. The average Bonchev–Trinajstić information content (AvgIpc) is 2.85. The second-order valence-electron chi connectivity index (χ2n) is 3.87. The number of aromatic nitrogens is 4. The molecule has 2 heterocycles. The predicted molar refractivity (Wildman–Crippen MR) is 61.9 cm³/mol. The molecule has 16 heavy (non-hydrogen) atoms. The lowest BCUT2D eigenvalue weighted by molar-refractivity contribution is 0.600. The fourth-order valence-electron chi connectivity index (χ4n) is 1.65. The van der Waals surface area contributed by atoms with Gasteiger partial charge < -0.3 is 5.32 Å². The molecular weight excluding hydrogens is 202 g/mol. The Kier molecular flexibility index (Phi) is 3.36. The number of hydrogen-bond acceptors (Lipinski definition) is 3. The maximum Gasteiger partial charge on any atom is 0.0762 e. The Bertz CT molecular complexity index is 443. The Balaban J connectivity index is 1.89. The van der Waals surface area contributed by atoms with Crippen LogP contribution in [0.25, 0.3) is 0 Å². The van der Waals surface area contributed by atoms with Crippen LogP contribution in [0.5, 0.6) is 0 Å². The van der Waals surface area contributed by atoms with Gasteiger partial charge in [0.25, 0.3) is 0 Å². The standard InChI is InChI=1S/C11H17N5/c1-12-8-11-4-6-16(14-11)5-3-10-7-13-15(2)9-10/h4,6-7,9,12H,3,5,8H2,1-2H3. The lowest BCUT2D eigenvalue weighted by atomic mass is 10.2. The molecule has 0 unspecified atom stereocenters. The van der Waals surface area contributed by atoms with Crippen molar-refractivity contribution in [1.29, 1.82) is 0 Å². The Morgan fingerprint density at radius 3 is 3.00 bits per heavy atom. The van der Waals surface area contributed by atoms with Crippen molar-refractivity contribution >= 4 is 0 Å². The summed E-state index contributed by atoms with van der Waals surface area (Å²) in [6.45, 7) is 1.72. The van der Waals surface area contributed by atoms with Crippen LogP contribution in [-0.2, 0) is 26.6 Å². The van der Waals surface area contributed by atoms with E-state index in [0.717, 1.165) is 25.2 Å². The van der Waals surface area contributed by atoms with Crippen LogP contribution in [0.2, 0.25) is 0 Å². The van der Waals surface area contributed by atoms with Gasteiger partial charge in [0.2, 0.25) is 0 Å². The first-order valence-electron chi connectivity index (χ1n) is 5.42. The van der Waals surface area contributed by atoms with E-state index in [1.807, 2.05) is 48.1 Å². The number of hydrogen-bond donors (Lipinski definition) is 1. The molecule has 0 atom stereocenters. The SMILES string of the molecule is CNCc1ccn(CCc2cnn(C)c2)n1. The van der Waals surface area contributed by atoms with E-state index in [-0.39, 0.29) is 0 Å². The first-order valence-corrected chi connectivity index (χ1v) is 5.42. The van der Waals surface area contributed by atoms with E-state index in [4.69, 9.17) is 0 Å². The first kappa shape index (κ1) is 10.9. The smallest absolute Gasteiger partial charge is 0.0762 e. The summed E-state index contributed by atoms with van der Waals surface area (Å²) in [5.74, 6) is 0. The highest BCUT2D eigenvalue weighted by Gasteiger charge is 2.00. The molecule has 0 aliphatic rings. The zero-order chi connectivity index (χ0) is 11.4. The molecule has 86 valence electrons. The molecule has 5 heteroatoms. The first-order chi connectivity index (χ1) is 7.78. The normalized spacial score (nSPS) is 10.9. The van der Waals surface area contributed by atoms with Gasteiger partial charge >= 0.3 is 0 Å². The molecule has 0 aliphatic carbocycles. The summed E-state index contributed by atoms with van der Waals surface area (Å²) < 4.78 is 3.80. The summed E-state index contributed by atoms with van der Waals surface area (Å²) in [4.78, 5) is 0. The molecule has 0 saturated heterocycles. The van der Waals surface area contributed by atoms with Crippen LogP contribution in [0.3, 0.4) is 0 Å². The molecular formula is C11H17N5. The van der Waals surface area contributed by atoms with Crippen molar-refractivity contribution in [3.63, 3.8) is 0 Å². The van der Waals surface area contributed by atoms with Crippen molar-refractivity contribution in [1.82, 2.24) is 24.9 Å². The van der Waals surface area contributed by atoms with E-state index in [1.165, 1.54) is 5.56 Å². The average molecular weight is 219 g/mol. The van der Waals surface area contributed by atoms with Gasteiger partial charge in [0, 0.05) is 32.5 Å². The van der Waals surface area contributed by atoms with Crippen molar-refractivity contribution in [3.05, 3.63) is 35.9 Å². The van der Waals surface area contributed by atoms with Crippen LogP contribution in [0.4, 0.5) is 0 Å². The molecule has 1 N–H and O–H groups in total. The minimum absolute atomic E-state index is 0.819. The van der Waals surface area contributed by atoms with Gasteiger partial charge in [0.15, 0.2) is 0 Å². The van der Waals surface area contributed by atoms with Crippen LogP contribution in [-0.4, -0.2) is 26.6 Å². The van der Waals surface area contributed by atoms with Crippen molar-refractivity contribution in [2.24, 2.45) is 7.05 Å². The van der Waals surface area contributed by atoms with Gasteiger partial charge in [-0.1, -0.05) is 0 Å². The zero-order valence-corrected chi connectivity index (χ0v) is 9.72. The molecule has 0 amide bonds. The monoisotopic (exact) mass is 219 g/mol. The molecule has 0 radical (unpaired) electrons. The molecule has 2 aromatic heterocycles. The van der Waals surface area contributed by atoms with E-state index in [1.54, 1.807) is 0 Å². The molecule has 0 fully saturated rings. The fourth-order valence-corrected chi connectivity index (χ4v) is 1.65. The van der Waals surface area contributed by atoms with Crippen molar-refractivity contribution < 1.29 is 0 Å². The summed E-state index contributed by atoms with van der Waals surface area (Å²) in [5, 5.41) is 11.7. The van der Waals surface area contributed by atoms with Crippen molar-refractivity contribution in [2.75, 3.05) is 7.05 Å². The third-order valence-corrected chi connectivity index (χ3v) is 2.44. The van der Waals surface area contributed by atoms with Crippen LogP contribution in [0, 0.1) is 0 Å². The summed E-state index contributed by atoms with van der Waals surface area (Å²) in [6.07, 6.45) is 6.92. The second kappa shape index (κ2) is 4.94. The highest BCUT2D eigenvalue weighted by molar-refractivity contribution is 5.04. The molecule has 0 saturated carbocycles. The van der Waals surface area contributed by atoms with Gasteiger partial charge in [0.05, 0.1) is 11.9 Å². The van der Waals surface area contributed by atoms with Crippen LogP contribution >= 0.6 is 0 Å². The Morgan fingerprint density at radius 2 is 2.31 bits per heavy atom. The minimum Gasteiger partial charge on any atom is -0.314 e. The quantitative estimate of drug-likeness (QED) is 0.800. The number of nitrogens with one attached hydrogen (secondary N) is 1. The molecule has 0 bridgehead atoms. The molecule has 0 aromatic carbocycles. The third kappa shape index (κ3) is 2.70. The lowest BCUT2D eigenvalue weighted by Gasteiger charge is -1.99. The van der Waals surface area contributed by atoms with Crippen LogP contribution in [0.1, 0.15) is 11.3 Å². The van der Waals surface area contributed by atoms with Gasteiger partial charge in [0.1, 0.15) is 0 Å². The lowest BCUT2D eigenvalue weighted by Crippen LogP contribution is -2.07. The minimum atomic E-state index is 0.819. The zero-order valence-electron chi connectivity index (χ0n) is 9.72. The number of aryl methyl sites for hydroxylation is 3.